The van der Waals surface area contributed by atoms with Crippen molar-refractivity contribution in [3.63, 3.8) is 0 Å². The molecule has 1 aromatic heterocycles. The minimum Gasteiger partial charge on any atom is -0.493 e. The largest absolute Gasteiger partial charge is 0.493 e. The summed E-state index contributed by atoms with van der Waals surface area (Å²) in [5.74, 6) is 3.13. The molecule has 2 N–H and O–H groups in total. The molecule has 0 fully saturated rings. The number of nitrogens with one attached hydrogen (secondary N) is 1. The van der Waals surface area contributed by atoms with Gasteiger partial charge in [0.05, 0.1) is 20.3 Å². The van der Waals surface area contributed by atoms with Gasteiger partial charge in [-0.2, -0.15) is 0 Å². The summed E-state index contributed by atoms with van der Waals surface area (Å²) in [6.45, 7) is 3.55. The zero-order valence-electron chi connectivity index (χ0n) is 12.4. The summed E-state index contributed by atoms with van der Waals surface area (Å²) in [6.07, 6.45) is 0. The van der Waals surface area contributed by atoms with Crippen LogP contribution in [0.5, 0.6) is 11.5 Å². The predicted octanol–water partition coefficient (Wildman–Crippen LogP) is 2.26. The van der Waals surface area contributed by atoms with Gasteiger partial charge >= 0.3 is 0 Å². The van der Waals surface area contributed by atoms with Crippen molar-refractivity contribution in [2.45, 2.75) is 20.0 Å². The molecule has 2 aromatic rings. The van der Waals surface area contributed by atoms with Crippen LogP contribution in [0.4, 0.5) is 0 Å². The van der Waals surface area contributed by atoms with E-state index in [0.717, 1.165) is 17.1 Å². The number of hydrogen-bond acceptors (Lipinski definition) is 5. The first-order valence-electron chi connectivity index (χ1n) is 6.89. The average molecular weight is 291 g/mol. The molecule has 0 atom stereocenters. The summed E-state index contributed by atoms with van der Waals surface area (Å²) in [4.78, 5) is 0. The van der Waals surface area contributed by atoms with Gasteiger partial charge in [0, 0.05) is 6.54 Å². The van der Waals surface area contributed by atoms with E-state index in [9.17, 15) is 0 Å². The van der Waals surface area contributed by atoms with Crippen LogP contribution < -0.4 is 14.8 Å². The zero-order valence-corrected chi connectivity index (χ0v) is 12.4. The standard InChI is InChI=1S/C16H21NO4/c1-12-3-5-14(21-12)11-17-10-13-4-6-15(20-8-7-18)16(9-13)19-2/h3-6,9,17-18H,7-8,10-11H2,1-2H3. The first-order valence-corrected chi connectivity index (χ1v) is 6.89. The monoisotopic (exact) mass is 291 g/mol. The highest BCUT2D eigenvalue weighted by atomic mass is 16.5. The molecular weight excluding hydrogens is 270 g/mol. The van der Waals surface area contributed by atoms with E-state index >= 15 is 0 Å². The van der Waals surface area contributed by atoms with Crippen molar-refractivity contribution in [3.8, 4) is 11.5 Å². The Morgan fingerprint density at radius 3 is 2.67 bits per heavy atom. The fourth-order valence-electron chi connectivity index (χ4n) is 2.01. The normalized spacial score (nSPS) is 10.6. The van der Waals surface area contributed by atoms with Crippen LogP contribution >= 0.6 is 0 Å². The van der Waals surface area contributed by atoms with Crippen LogP contribution in [-0.2, 0) is 13.1 Å². The van der Waals surface area contributed by atoms with Gasteiger partial charge in [-0.15, -0.1) is 0 Å². The lowest BCUT2D eigenvalue weighted by atomic mass is 10.2. The van der Waals surface area contributed by atoms with Crippen molar-refractivity contribution in [1.82, 2.24) is 5.32 Å². The number of benzene rings is 1. The molecule has 5 nitrogen and oxygen atoms in total. The quantitative estimate of drug-likeness (QED) is 0.781. The molecular formula is C16H21NO4. The first kappa shape index (κ1) is 15.4. The average Bonchev–Trinajstić information content (AvgIpc) is 2.91. The Morgan fingerprint density at radius 1 is 1.14 bits per heavy atom. The zero-order chi connectivity index (χ0) is 15.1. The van der Waals surface area contributed by atoms with Crippen LogP contribution in [0.15, 0.2) is 34.7 Å². The molecule has 0 aliphatic carbocycles. The number of aryl methyl sites for hydroxylation is 1. The molecule has 0 aliphatic heterocycles. The van der Waals surface area contributed by atoms with Crippen molar-refractivity contribution < 1.29 is 19.0 Å². The molecule has 0 unspecified atom stereocenters. The van der Waals surface area contributed by atoms with E-state index in [1.165, 1.54) is 0 Å². The molecule has 5 heteroatoms. The van der Waals surface area contributed by atoms with E-state index in [1.54, 1.807) is 7.11 Å². The molecule has 21 heavy (non-hydrogen) atoms. The topological polar surface area (TPSA) is 63.9 Å². The number of rotatable bonds is 8. The predicted molar refractivity (Wildman–Crippen MR) is 79.6 cm³/mol. The summed E-state index contributed by atoms with van der Waals surface area (Å²) in [7, 11) is 1.60. The van der Waals surface area contributed by atoms with E-state index in [2.05, 4.69) is 5.32 Å². The van der Waals surface area contributed by atoms with Crippen LogP contribution in [0.25, 0.3) is 0 Å². The lowest BCUT2D eigenvalue weighted by Crippen LogP contribution is -2.12. The number of aliphatic hydroxyl groups is 1. The van der Waals surface area contributed by atoms with Gasteiger partial charge in [-0.3, -0.25) is 0 Å². The van der Waals surface area contributed by atoms with Gasteiger partial charge < -0.3 is 24.3 Å². The molecule has 1 aromatic carbocycles. The van der Waals surface area contributed by atoms with Gasteiger partial charge in [0.1, 0.15) is 18.1 Å². The summed E-state index contributed by atoms with van der Waals surface area (Å²) in [6, 6.07) is 9.66. The molecule has 2 rings (SSSR count). The van der Waals surface area contributed by atoms with Crippen molar-refractivity contribution in [3.05, 3.63) is 47.4 Å². The van der Waals surface area contributed by atoms with E-state index in [4.69, 9.17) is 19.0 Å². The molecule has 1 heterocycles. The van der Waals surface area contributed by atoms with Crippen molar-refractivity contribution in [2.75, 3.05) is 20.3 Å². The molecule has 0 saturated heterocycles. The van der Waals surface area contributed by atoms with Crippen LogP contribution in [0.2, 0.25) is 0 Å². The maximum absolute atomic E-state index is 8.79. The molecule has 0 radical (unpaired) electrons. The Hall–Kier alpha value is -1.98. The van der Waals surface area contributed by atoms with Gasteiger partial charge in [0.2, 0.25) is 0 Å². The number of aliphatic hydroxyl groups excluding tert-OH is 1. The Labute approximate surface area is 124 Å². The van der Waals surface area contributed by atoms with Crippen LogP contribution in [0.1, 0.15) is 17.1 Å². The van der Waals surface area contributed by atoms with Crippen molar-refractivity contribution in [2.24, 2.45) is 0 Å². The van der Waals surface area contributed by atoms with E-state index in [-0.39, 0.29) is 13.2 Å². The van der Waals surface area contributed by atoms with Crippen LogP contribution in [0, 0.1) is 6.92 Å². The number of methoxy groups -OCH3 is 1. The van der Waals surface area contributed by atoms with Crippen LogP contribution in [0.3, 0.4) is 0 Å². The van der Waals surface area contributed by atoms with E-state index in [1.807, 2.05) is 37.3 Å². The van der Waals surface area contributed by atoms with Crippen molar-refractivity contribution in [1.29, 1.82) is 0 Å². The van der Waals surface area contributed by atoms with Crippen molar-refractivity contribution >= 4 is 0 Å². The fraction of sp³-hybridized carbons (Fsp3) is 0.375. The smallest absolute Gasteiger partial charge is 0.161 e. The van der Waals surface area contributed by atoms with Gasteiger partial charge in [0.25, 0.3) is 0 Å². The number of hydrogen-bond donors (Lipinski definition) is 2. The Bertz CT molecular complexity index is 565. The number of furan rings is 1. The third kappa shape index (κ3) is 4.51. The highest BCUT2D eigenvalue weighted by molar-refractivity contribution is 5.42. The molecule has 0 bridgehead atoms. The third-order valence-corrected chi connectivity index (χ3v) is 3.00. The van der Waals surface area contributed by atoms with Gasteiger partial charge in [0.15, 0.2) is 11.5 Å². The molecule has 0 aliphatic rings. The van der Waals surface area contributed by atoms with E-state index in [0.29, 0.717) is 24.6 Å². The second-order valence-corrected chi connectivity index (χ2v) is 4.67. The van der Waals surface area contributed by atoms with Crippen LogP contribution in [-0.4, -0.2) is 25.4 Å². The summed E-state index contributed by atoms with van der Waals surface area (Å²) < 4.78 is 16.2. The maximum Gasteiger partial charge on any atom is 0.161 e. The minimum atomic E-state index is -0.0188. The molecule has 0 amide bonds. The fourth-order valence-corrected chi connectivity index (χ4v) is 2.01. The SMILES string of the molecule is COc1cc(CNCc2ccc(C)o2)ccc1OCCO. The second kappa shape index (κ2) is 7.71. The number of ether oxygens (including phenoxy) is 2. The van der Waals surface area contributed by atoms with Gasteiger partial charge in [-0.05, 0) is 36.8 Å². The Morgan fingerprint density at radius 2 is 2.00 bits per heavy atom. The highest BCUT2D eigenvalue weighted by Gasteiger charge is 2.06. The molecule has 114 valence electrons. The summed E-state index contributed by atoms with van der Waals surface area (Å²) in [5.41, 5.74) is 1.09. The maximum atomic E-state index is 8.79. The molecule has 0 saturated carbocycles. The van der Waals surface area contributed by atoms with E-state index < -0.39 is 0 Å². The minimum absolute atomic E-state index is 0.0188. The Balaban J connectivity index is 1.90. The first-order chi connectivity index (χ1) is 10.2. The highest BCUT2D eigenvalue weighted by Crippen LogP contribution is 2.28. The lowest BCUT2D eigenvalue weighted by Gasteiger charge is -2.11. The second-order valence-electron chi connectivity index (χ2n) is 4.67. The third-order valence-electron chi connectivity index (χ3n) is 3.00. The van der Waals surface area contributed by atoms with Gasteiger partial charge in [-0.25, -0.2) is 0 Å². The molecule has 0 spiro atoms. The lowest BCUT2D eigenvalue weighted by molar-refractivity contribution is 0.196. The summed E-state index contributed by atoms with van der Waals surface area (Å²) in [5, 5.41) is 12.1. The summed E-state index contributed by atoms with van der Waals surface area (Å²) >= 11 is 0. The Kier molecular flexibility index (Phi) is 5.66. The van der Waals surface area contributed by atoms with Gasteiger partial charge in [-0.1, -0.05) is 6.07 Å².